The molecular weight excluding hydrogens is 631 g/mol. The van der Waals surface area contributed by atoms with Crippen LogP contribution in [0.3, 0.4) is 0 Å². The molecule has 0 atom stereocenters. The Balaban J connectivity index is 0.951. The molecule has 0 amide bonds. The molecule has 10 rings (SSSR count). The summed E-state index contributed by atoms with van der Waals surface area (Å²) >= 11 is 0. The summed E-state index contributed by atoms with van der Waals surface area (Å²) in [7, 11) is 0. The summed E-state index contributed by atoms with van der Waals surface area (Å²) < 4.78 is 4.74. The molecular formula is C49H33N3. The zero-order valence-corrected chi connectivity index (χ0v) is 28.4. The molecule has 0 saturated heterocycles. The van der Waals surface area contributed by atoms with Crippen LogP contribution in [0.1, 0.15) is 11.1 Å². The van der Waals surface area contributed by atoms with E-state index in [4.69, 9.17) is 0 Å². The zero-order valence-electron chi connectivity index (χ0n) is 28.4. The normalized spacial score (nSPS) is 11.8. The summed E-state index contributed by atoms with van der Waals surface area (Å²) in [6.45, 7) is 0. The lowest BCUT2D eigenvalue weighted by molar-refractivity contribution is 1.18. The topological polar surface area (TPSA) is 22.8 Å². The average molecular weight is 664 g/mol. The Morgan fingerprint density at radius 3 is 1.33 bits per heavy atom. The second-order valence-corrected chi connectivity index (χ2v) is 13.3. The molecule has 0 unspecified atom stereocenters. The minimum absolute atomic E-state index is 0.986. The van der Waals surface area contributed by atoms with Crippen molar-refractivity contribution in [2.45, 2.75) is 0 Å². The number of pyridine rings is 1. The number of fused-ring (bicyclic) bond motifs is 6. The first-order valence-corrected chi connectivity index (χ1v) is 17.7. The monoisotopic (exact) mass is 663 g/mol. The third-order valence-electron chi connectivity index (χ3n) is 10.2. The van der Waals surface area contributed by atoms with Crippen molar-refractivity contribution >= 4 is 55.8 Å². The van der Waals surface area contributed by atoms with Crippen molar-refractivity contribution in [3.8, 4) is 33.8 Å². The van der Waals surface area contributed by atoms with Crippen LogP contribution in [0.5, 0.6) is 0 Å². The molecule has 0 aliphatic heterocycles. The van der Waals surface area contributed by atoms with Crippen LogP contribution in [0.25, 0.3) is 89.5 Å². The summed E-state index contributed by atoms with van der Waals surface area (Å²) in [5, 5.41) is 5.04. The van der Waals surface area contributed by atoms with E-state index in [9.17, 15) is 0 Å². The third kappa shape index (κ3) is 5.10. The summed E-state index contributed by atoms with van der Waals surface area (Å²) in [5.74, 6) is 0. The lowest BCUT2D eigenvalue weighted by atomic mass is 10.0. The number of nitrogens with zero attached hydrogens (tertiary/aromatic N) is 3. The third-order valence-corrected chi connectivity index (χ3v) is 10.2. The maximum absolute atomic E-state index is 4.47. The maximum Gasteiger partial charge on any atom is 0.0701 e. The summed E-state index contributed by atoms with van der Waals surface area (Å²) in [4.78, 5) is 4.47. The predicted molar refractivity (Wildman–Crippen MR) is 219 cm³/mol. The number of benzene rings is 7. The highest BCUT2D eigenvalue weighted by Gasteiger charge is 2.14. The minimum Gasteiger partial charge on any atom is -0.309 e. The lowest BCUT2D eigenvalue weighted by Gasteiger charge is -2.11. The highest BCUT2D eigenvalue weighted by molar-refractivity contribution is 6.10. The van der Waals surface area contributed by atoms with Gasteiger partial charge in [-0.25, -0.2) is 0 Å². The Labute approximate surface area is 302 Å². The number of rotatable bonds is 6. The van der Waals surface area contributed by atoms with Crippen LogP contribution >= 0.6 is 0 Å². The van der Waals surface area contributed by atoms with E-state index < -0.39 is 0 Å². The Morgan fingerprint density at radius 2 is 0.788 bits per heavy atom. The molecule has 0 aliphatic rings. The van der Waals surface area contributed by atoms with Gasteiger partial charge >= 0.3 is 0 Å². The van der Waals surface area contributed by atoms with Crippen molar-refractivity contribution in [3.05, 3.63) is 199 Å². The van der Waals surface area contributed by atoms with E-state index in [1.165, 1.54) is 60.3 Å². The first kappa shape index (κ1) is 29.9. The number of para-hydroxylation sites is 3. The Kier molecular flexibility index (Phi) is 7.14. The fourth-order valence-corrected chi connectivity index (χ4v) is 7.67. The molecule has 0 bridgehead atoms. The number of hydrogen-bond donors (Lipinski definition) is 0. The van der Waals surface area contributed by atoms with Gasteiger partial charge in [0, 0.05) is 44.7 Å². The Bertz CT molecular complexity index is 2860. The first-order chi connectivity index (χ1) is 25.8. The second kappa shape index (κ2) is 12.4. The predicted octanol–water partition coefficient (Wildman–Crippen LogP) is 12.8. The van der Waals surface area contributed by atoms with Gasteiger partial charge in [-0.3, -0.25) is 4.98 Å². The fourth-order valence-electron chi connectivity index (χ4n) is 7.67. The van der Waals surface area contributed by atoms with Crippen LogP contribution in [0.2, 0.25) is 0 Å². The van der Waals surface area contributed by atoms with E-state index >= 15 is 0 Å². The summed E-state index contributed by atoms with van der Waals surface area (Å²) in [6, 6.07) is 65.2. The smallest absolute Gasteiger partial charge is 0.0701 e. The largest absolute Gasteiger partial charge is 0.309 e. The van der Waals surface area contributed by atoms with Crippen molar-refractivity contribution in [1.82, 2.24) is 14.1 Å². The SMILES string of the molecule is C(=C\c1ccc2c(c1)c1ccccc1n2-c1ccc(-c2ccc(-n3c4ccccc4c4ccccc43)cc2)cc1)/c1ccc(-c2ccccn2)cc1. The highest BCUT2D eigenvalue weighted by atomic mass is 15.0. The van der Waals surface area contributed by atoms with Crippen molar-refractivity contribution in [3.63, 3.8) is 0 Å². The molecule has 244 valence electrons. The molecule has 3 heteroatoms. The van der Waals surface area contributed by atoms with E-state index in [0.717, 1.165) is 28.2 Å². The summed E-state index contributed by atoms with van der Waals surface area (Å²) in [6.07, 6.45) is 6.21. The number of hydrogen-bond acceptors (Lipinski definition) is 1. The second-order valence-electron chi connectivity index (χ2n) is 13.3. The molecule has 3 heterocycles. The van der Waals surface area contributed by atoms with Crippen molar-refractivity contribution in [2.75, 3.05) is 0 Å². The van der Waals surface area contributed by atoms with Gasteiger partial charge in [-0.1, -0.05) is 127 Å². The van der Waals surface area contributed by atoms with E-state index in [-0.39, 0.29) is 0 Å². The van der Waals surface area contributed by atoms with Crippen LogP contribution < -0.4 is 0 Å². The molecule has 3 nitrogen and oxygen atoms in total. The molecule has 10 aromatic rings. The highest BCUT2D eigenvalue weighted by Crippen LogP contribution is 2.35. The van der Waals surface area contributed by atoms with Crippen molar-refractivity contribution in [1.29, 1.82) is 0 Å². The van der Waals surface area contributed by atoms with Gasteiger partial charge in [0.15, 0.2) is 0 Å². The zero-order chi connectivity index (χ0) is 34.4. The minimum atomic E-state index is 0.986. The first-order valence-electron chi connectivity index (χ1n) is 17.7. The van der Waals surface area contributed by atoms with Gasteiger partial charge in [0.05, 0.1) is 27.8 Å². The van der Waals surface area contributed by atoms with Crippen LogP contribution in [0, 0.1) is 0 Å². The average Bonchev–Trinajstić information content (AvgIpc) is 3.73. The quantitative estimate of drug-likeness (QED) is 0.162. The molecule has 52 heavy (non-hydrogen) atoms. The van der Waals surface area contributed by atoms with E-state index in [1.54, 1.807) is 0 Å². The lowest BCUT2D eigenvalue weighted by Crippen LogP contribution is -1.94. The number of aromatic nitrogens is 3. The fraction of sp³-hybridized carbons (Fsp3) is 0. The van der Waals surface area contributed by atoms with E-state index in [0.29, 0.717) is 0 Å². The Hall–Kier alpha value is -6.97. The van der Waals surface area contributed by atoms with Crippen LogP contribution in [-0.2, 0) is 0 Å². The van der Waals surface area contributed by atoms with Gasteiger partial charge in [-0.05, 0) is 89.0 Å². The van der Waals surface area contributed by atoms with Gasteiger partial charge in [-0.15, -0.1) is 0 Å². The summed E-state index contributed by atoms with van der Waals surface area (Å²) in [5.41, 5.74) is 14.0. The molecule has 0 spiro atoms. The van der Waals surface area contributed by atoms with Crippen molar-refractivity contribution < 1.29 is 0 Å². The van der Waals surface area contributed by atoms with Gasteiger partial charge in [0.2, 0.25) is 0 Å². The maximum atomic E-state index is 4.47. The molecule has 7 aromatic carbocycles. The van der Waals surface area contributed by atoms with Crippen LogP contribution in [0.15, 0.2) is 188 Å². The van der Waals surface area contributed by atoms with E-state index in [1.807, 2.05) is 24.4 Å². The molecule has 0 fully saturated rings. The molecule has 0 saturated carbocycles. The Morgan fingerprint density at radius 1 is 0.346 bits per heavy atom. The van der Waals surface area contributed by atoms with Gasteiger partial charge < -0.3 is 9.13 Å². The standard InChI is InChI=1S/C49H33N3/c1-4-13-46-41(9-1)42-10-2-5-14-47(42)51(46)39-27-23-36(24-28-39)37-25-29-40(30-26-37)52-48-15-6-3-11-43(48)44-33-35(20-31-49(44)52)17-16-34-18-21-38(22-19-34)45-12-7-8-32-50-45/h1-33H/b17-16+. The molecule has 0 aliphatic carbocycles. The molecule has 0 N–H and O–H groups in total. The molecule has 0 radical (unpaired) electrons. The van der Waals surface area contributed by atoms with Crippen LogP contribution in [-0.4, -0.2) is 14.1 Å². The van der Waals surface area contributed by atoms with Crippen LogP contribution in [0.4, 0.5) is 0 Å². The van der Waals surface area contributed by atoms with Gasteiger partial charge in [-0.2, -0.15) is 0 Å². The van der Waals surface area contributed by atoms with Crippen molar-refractivity contribution in [2.24, 2.45) is 0 Å². The van der Waals surface area contributed by atoms with Gasteiger partial charge in [0.25, 0.3) is 0 Å². The van der Waals surface area contributed by atoms with E-state index in [2.05, 4.69) is 190 Å². The van der Waals surface area contributed by atoms with Gasteiger partial charge in [0.1, 0.15) is 0 Å². The molecule has 3 aromatic heterocycles.